The Kier molecular flexibility index (Phi) is 1.26. The van der Waals surface area contributed by atoms with Crippen LogP contribution in [0.4, 0.5) is 0 Å². The molecule has 2 rings (SSSR count). The lowest BCUT2D eigenvalue weighted by Crippen LogP contribution is -2.18. The summed E-state index contributed by atoms with van der Waals surface area (Å²) in [6.07, 6.45) is 4.18. The van der Waals surface area contributed by atoms with Crippen molar-refractivity contribution < 1.29 is 4.74 Å². The Bertz CT molecular complexity index is 141. The molecular weight excluding hydrogens is 159 g/mol. The first-order valence-corrected chi connectivity index (χ1v) is 3.78. The van der Waals surface area contributed by atoms with Crippen LogP contribution in [0.2, 0.25) is 0 Å². The van der Waals surface area contributed by atoms with E-state index in [1.807, 2.05) is 12.2 Å². The second-order valence-electron chi connectivity index (χ2n) is 2.34. The Hall–Kier alpha value is 0.280. The lowest BCUT2D eigenvalue weighted by molar-refractivity contribution is 0.378. The van der Waals surface area contributed by atoms with Crippen LogP contribution in [0.15, 0.2) is 12.2 Å². The molecule has 1 saturated heterocycles. The average molecular weight is 165 g/mol. The molecule has 1 heterocycles. The highest BCUT2D eigenvalue weighted by Crippen LogP contribution is 2.38. The summed E-state index contributed by atoms with van der Waals surface area (Å²) in [6.45, 7) is 0. The lowest BCUT2D eigenvalue weighted by atomic mass is 10.1. The van der Waals surface area contributed by atoms with Crippen LogP contribution in [0.5, 0.6) is 0 Å². The molecule has 0 unspecified atom stereocenters. The van der Waals surface area contributed by atoms with Crippen molar-refractivity contribution in [1.29, 1.82) is 0 Å². The van der Waals surface area contributed by atoms with E-state index >= 15 is 0 Å². The van der Waals surface area contributed by atoms with Gasteiger partial charge in [-0.05, 0) is 0 Å². The van der Waals surface area contributed by atoms with Crippen molar-refractivity contribution in [3.63, 3.8) is 0 Å². The molecule has 1 fully saturated rings. The van der Waals surface area contributed by atoms with Gasteiger partial charge in [-0.15, -0.1) is 23.2 Å². The van der Waals surface area contributed by atoms with E-state index in [1.54, 1.807) is 0 Å². The Morgan fingerprint density at radius 3 is 1.89 bits per heavy atom. The predicted octanol–water partition coefficient (Wildman–Crippen LogP) is 1.54. The van der Waals surface area contributed by atoms with Crippen LogP contribution in [0.1, 0.15) is 0 Å². The first kappa shape index (κ1) is 6.02. The molecule has 1 aliphatic heterocycles. The second-order valence-corrected chi connectivity index (χ2v) is 3.35. The molecule has 2 aliphatic rings. The van der Waals surface area contributed by atoms with Gasteiger partial charge in [0.05, 0.1) is 10.8 Å². The zero-order valence-corrected chi connectivity index (χ0v) is 6.14. The maximum absolute atomic E-state index is 5.80. The van der Waals surface area contributed by atoms with Gasteiger partial charge in [0.25, 0.3) is 0 Å². The highest BCUT2D eigenvalue weighted by atomic mass is 35.5. The molecule has 4 atom stereocenters. The van der Waals surface area contributed by atoms with E-state index in [4.69, 9.17) is 27.9 Å². The largest absolute Gasteiger partial charge is 0.366 e. The fraction of sp³-hybridized carbons (Fsp3) is 0.667. The minimum Gasteiger partial charge on any atom is -0.366 e. The smallest absolute Gasteiger partial charge is 0.106 e. The molecule has 0 radical (unpaired) electrons. The molecule has 0 aromatic heterocycles. The predicted molar refractivity (Wildman–Crippen MR) is 37.1 cm³/mol. The Morgan fingerprint density at radius 2 is 1.44 bits per heavy atom. The second kappa shape index (κ2) is 1.88. The molecule has 0 aromatic carbocycles. The highest BCUT2D eigenvalue weighted by molar-refractivity contribution is 6.25. The van der Waals surface area contributed by atoms with E-state index in [-0.39, 0.29) is 23.0 Å². The first-order valence-electron chi connectivity index (χ1n) is 2.91. The maximum Gasteiger partial charge on any atom is 0.106 e. The third kappa shape index (κ3) is 0.878. The molecule has 1 nitrogen and oxygen atoms in total. The molecule has 0 spiro atoms. The van der Waals surface area contributed by atoms with Crippen LogP contribution in [-0.4, -0.2) is 23.0 Å². The summed E-state index contributed by atoms with van der Waals surface area (Å²) in [5.74, 6) is 0. The molecule has 0 amide bonds. The molecule has 9 heavy (non-hydrogen) atoms. The minimum absolute atomic E-state index is 0.0463. The number of epoxide rings is 1. The zero-order valence-electron chi connectivity index (χ0n) is 4.63. The van der Waals surface area contributed by atoms with Gasteiger partial charge < -0.3 is 4.74 Å². The summed E-state index contributed by atoms with van der Waals surface area (Å²) < 4.78 is 5.18. The van der Waals surface area contributed by atoms with Crippen LogP contribution < -0.4 is 0 Å². The van der Waals surface area contributed by atoms with Gasteiger partial charge in [-0.2, -0.15) is 0 Å². The van der Waals surface area contributed by atoms with E-state index in [9.17, 15) is 0 Å². The fourth-order valence-electron chi connectivity index (χ4n) is 1.08. The van der Waals surface area contributed by atoms with Crippen molar-refractivity contribution in [3.05, 3.63) is 12.2 Å². The summed E-state index contributed by atoms with van der Waals surface area (Å²) in [6, 6.07) is 0. The topological polar surface area (TPSA) is 12.5 Å². The average Bonchev–Trinajstić information content (AvgIpc) is 2.57. The number of ether oxygens (including phenoxy) is 1. The molecule has 0 N–H and O–H groups in total. The Labute approximate surface area is 63.6 Å². The highest BCUT2D eigenvalue weighted by Gasteiger charge is 2.49. The molecule has 3 heteroatoms. The zero-order chi connectivity index (χ0) is 6.43. The standard InChI is InChI=1S/C6H6Cl2O/c7-3-1-2-4(8)6-5(3)9-6/h1-6H/t3-,4-,5+,6+/m1/s1. The number of hydrogen-bond acceptors (Lipinski definition) is 1. The third-order valence-electron chi connectivity index (χ3n) is 1.67. The number of halogens is 2. The van der Waals surface area contributed by atoms with Crippen LogP contribution in [0.3, 0.4) is 0 Å². The van der Waals surface area contributed by atoms with Crippen LogP contribution in [-0.2, 0) is 4.74 Å². The van der Waals surface area contributed by atoms with Crippen LogP contribution >= 0.6 is 23.2 Å². The summed E-state index contributed by atoms with van der Waals surface area (Å²) in [7, 11) is 0. The van der Waals surface area contributed by atoms with Gasteiger partial charge in [-0.3, -0.25) is 0 Å². The van der Waals surface area contributed by atoms with Gasteiger partial charge in [0.15, 0.2) is 0 Å². The van der Waals surface area contributed by atoms with Gasteiger partial charge in [0.1, 0.15) is 12.2 Å². The van der Waals surface area contributed by atoms with Crippen molar-refractivity contribution in [2.75, 3.05) is 0 Å². The van der Waals surface area contributed by atoms with Crippen LogP contribution in [0, 0.1) is 0 Å². The first-order chi connectivity index (χ1) is 4.29. The SMILES string of the molecule is Cl[C@@H]1C=C[C@@H](Cl)[C@@H]2O[C@H]21. The Balaban J connectivity index is 2.15. The summed E-state index contributed by atoms with van der Waals surface area (Å²) in [5.41, 5.74) is 0. The molecule has 0 saturated carbocycles. The van der Waals surface area contributed by atoms with Crippen molar-refractivity contribution in [1.82, 2.24) is 0 Å². The van der Waals surface area contributed by atoms with Crippen molar-refractivity contribution in [2.24, 2.45) is 0 Å². The van der Waals surface area contributed by atoms with Crippen molar-refractivity contribution in [3.8, 4) is 0 Å². The van der Waals surface area contributed by atoms with Gasteiger partial charge >= 0.3 is 0 Å². The molecule has 0 aromatic rings. The van der Waals surface area contributed by atoms with E-state index in [1.165, 1.54) is 0 Å². The summed E-state index contributed by atoms with van der Waals surface area (Å²) in [5, 5.41) is 0.0926. The van der Waals surface area contributed by atoms with Gasteiger partial charge in [0.2, 0.25) is 0 Å². The normalized spacial score (nSPS) is 54.9. The van der Waals surface area contributed by atoms with E-state index in [0.717, 1.165) is 0 Å². The van der Waals surface area contributed by atoms with Gasteiger partial charge in [-0.1, -0.05) is 12.2 Å². The molecule has 50 valence electrons. The number of hydrogen-bond donors (Lipinski definition) is 0. The third-order valence-corrected chi connectivity index (χ3v) is 2.46. The lowest BCUT2D eigenvalue weighted by Gasteiger charge is -2.06. The number of alkyl halides is 2. The van der Waals surface area contributed by atoms with Crippen molar-refractivity contribution in [2.45, 2.75) is 23.0 Å². The molecule has 1 aliphatic carbocycles. The van der Waals surface area contributed by atoms with Gasteiger partial charge in [0, 0.05) is 0 Å². The monoisotopic (exact) mass is 164 g/mol. The van der Waals surface area contributed by atoms with Gasteiger partial charge in [-0.25, -0.2) is 0 Å². The summed E-state index contributed by atoms with van der Waals surface area (Å²) in [4.78, 5) is 0. The maximum atomic E-state index is 5.80. The quantitative estimate of drug-likeness (QED) is 0.301. The molecule has 0 bridgehead atoms. The number of fused-ring (bicyclic) bond motifs is 1. The minimum atomic E-state index is 0.0463. The van der Waals surface area contributed by atoms with Crippen molar-refractivity contribution >= 4 is 23.2 Å². The number of rotatable bonds is 0. The van der Waals surface area contributed by atoms with E-state index in [0.29, 0.717) is 0 Å². The fourth-order valence-corrected chi connectivity index (χ4v) is 1.65. The van der Waals surface area contributed by atoms with Crippen LogP contribution in [0.25, 0.3) is 0 Å². The van der Waals surface area contributed by atoms with E-state index in [2.05, 4.69) is 0 Å². The van der Waals surface area contributed by atoms with E-state index < -0.39 is 0 Å². The summed E-state index contributed by atoms with van der Waals surface area (Å²) >= 11 is 11.6. The Morgan fingerprint density at radius 1 is 1.00 bits per heavy atom. The molecular formula is C6H6Cl2O.